The van der Waals surface area contributed by atoms with E-state index in [9.17, 15) is 9.90 Å². The molecule has 0 aliphatic carbocycles. The fourth-order valence-electron chi connectivity index (χ4n) is 4.24. The number of anilines is 2. The molecule has 0 spiro atoms. The molecule has 3 aromatic rings. The van der Waals surface area contributed by atoms with Crippen molar-refractivity contribution in [2.75, 3.05) is 43.1 Å². The number of nitrogens with one attached hydrogen (secondary N) is 1. The molecule has 1 amide bonds. The van der Waals surface area contributed by atoms with Crippen LogP contribution in [0.25, 0.3) is 11.5 Å². The summed E-state index contributed by atoms with van der Waals surface area (Å²) in [6, 6.07) is 11.3. The molecule has 0 radical (unpaired) electrons. The number of carbonyl (C=O) groups excluding carboxylic acids is 1. The highest BCUT2D eigenvalue weighted by atomic mass is 32.1. The Morgan fingerprint density at radius 1 is 1.15 bits per heavy atom. The van der Waals surface area contributed by atoms with E-state index in [0.717, 1.165) is 55.2 Å². The standard InChI is InChI=1S/C24H28N4O4S/c29-20-5-1-2-10-28(20)16-17-6-8-18(9-7-17)22(30)26-24-25-21(19-4-3-13-32-19)23(33-24)27-11-14-31-15-12-27/h3-4,6-9,13,20,29H,1-2,5,10-12,14-16H2,(H,25,26,30). The van der Waals surface area contributed by atoms with Crippen molar-refractivity contribution in [3.8, 4) is 11.5 Å². The molecule has 2 fully saturated rings. The quantitative estimate of drug-likeness (QED) is 0.569. The van der Waals surface area contributed by atoms with Gasteiger partial charge >= 0.3 is 0 Å². The maximum Gasteiger partial charge on any atom is 0.257 e. The zero-order valence-electron chi connectivity index (χ0n) is 18.4. The van der Waals surface area contributed by atoms with E-state index in [0.29, 0.717) is 36.2 Å². The van der Waals surface area contributed by atoms with Crippen molar-refractivity contribution < 1.29 is 19.1 Å². The number of aliphatic hydroxyl groups is 1. The summed E-state index contributed by atoms with van der Waals surface area (Å²) < 4.78 is 11.1. The van der Waals surface area contributed by atoms with E-state index in [1.54, 1.807) is 6.26 Å². The summed E-state index contributed by atoms with van der Waals surface area (Å²) in [4.78, 5) is 21.9. The van der Waals surface area contributed by atoms with Gasteiger partial charge in [0.25, 0.3) is 5.91 Å². The molecule has 1 aromatic carbocycles. The zero-order valence-corrected chi connectivity index (χ0v) is 19.2. The van der Waals surface area contributed by atoms with Crippen molar-refractivity contribution in [2.24, 2.45) is 0 Å². The van der Waals surface area contributed by atoms with Gasteiger partial charge < -0.3 is 19.2 Å². The third-order valence-corrected chi connectivity index (χ3v) is 7.10. The number of benzene rings is 1. The highest BCUT2D eigenvalue weighted by molar-refractivity contribution is 7.20. The van der Waals surface area contributed by atoms with Gasteiger partial charge in [-0.3, -0.25) is 15.0 Å². The van der Waals surface area contributed by atoms with E-state index >= 15 is 0 Å². The third kappa shape index (κ3) is 5.11. The number of amides is 1. The number of carbonyl (C=O) groups is 1. The molecule has 8 nitrogen and oxygen atoms in total. The van der Waals surface area contributed by atoms with E-state index in [4.69, 9.17) is 9.15 Å². The van der Waals surface area contributed by atoms with E-state index < -0.39 is 0 Å². The minimum atomic E-state index is -0.379. The minimum Gasteiger partial charge on any atom is -0.463 e. The van der Waals surface area contributed by atoms with Gasteiger partial charge in [0.2, 0.25) is 0 Å². The highest BCUT2D eigenvalue weighted by Gasteiger charge is 2.24. The van der Waals surface area contributed by atoms with Crippen LogP contribution in [0.5, 0.6) is 0 Å². The van der Waals surface area contributed by atoms with Gasteiger partial charge in [-0.2, -0.15) is 0 Å². The van der Waals surface area contributed by atoms with Crippen LogP contribution in [0.1, 0.15) is 35.2 Å². The number of thiazole rings is 1. The first-order valence-electron chi connectivity index (χ1n) is 11.4. The van der Waals surface area contributed by atoms with Crippen molar-refractivity contribution >= 4 is 27.4 Å². The van der Waals surface area contributed by atoms with Gasteiger partial charge in [0.1, 0.15) is 16.9 Å². The van der Waals surface area contributed by atoms with Crippen LogP contribution in [0.4, 0.5) is 10.1 Å². The summed E-state index contributed by atoms with van der Waals surface area (Å²) in [5, 5.41) is 14.6. The van der Waals surface area contributed by atoms with Crippen molar-refractivity contribution in [2.45, 2.75) is 32.0 Å². The predicted octanol–water partition coefficient (Wildman–Crippen LogP) is 3.80. The topological polar surface area (TPSA) is 91.1 Å². The van der Waals surface area contributed by atoms with Gasteiger partial charge in [0.05, 0.1) is 19.5 Å². The Labute approximate surface area is 196 Å². The average Bonchev–Trinajstić information content (AvgIpc) is 3.52. The lowest BCUT2D eigenvalue weighted by atomic mass is 10.1. The Balaban J connectivity index is 1.29. The second kappa shape index (κ2) is 10.0. The second-order valence-corrected chi connectivity index (χ2v) is 9.32. The highest BCUT2D eigenvalue weighted by Crippen LogP contribution is 2.39. The lowest BCUT2D eigenvalue weighted by Crippen LogP contribution is -2.38. The molecule has 9 heteroatoms. The number of aromatic nitrogens is 1. The number of morpholine rings is 1. The minimum absolute atomic E-state index is 0.201. The van der Waals surface area contributed by atoms with Crippen LogP contribution in [0.15, 0.2) is 47.1 Å². The first kappa shape index (κ1) is 22.1. The first-order chi connectivity index (χ1) is 16.2. The smallest absolute Gasteiger partial charge is 0.257 e. The van der Waals surface area contributed by atoms with Crippen LogP contribution in [0.2, 0.25) is 0 Å². The van der Waals surface area contributed by atoms with Crippen LogP contribution in [-0.4, -0.2) is 60.0 Å². The second-order valence-electron chi connectivity index (χ2n) is 8.35. The number of rotatable bonds is 6. The molecule has 2 aliphatic heterocycles. The summed E-state index contributed by atoms with van der Waals surface area (Å²) in [6.07, 6.45) is 4.25. The Bertz CT molecular complexity index is 1060. The predicted molar refractivity (Wildman–Crippen MR) is 128 cm³/mol. The summed E-state index contributed by atoms with van der Waals surface area (Å²) in [5.74, 6) is 0.477. The monoisotopic (exact) mass is 468 g/mol. The summed E-state index contributed by atoms with van der Waals surface area (Å²) >= 11 is 1.45. The van der Waals surface area contributed by atoms with Gasteiger partial charge in [-0.25, -0.2) is 4.98 Å². The molecule has 1 atom stereocenters. The first-order valence-corrected chi connectivity index (χ1v) is 12.2. The average molecular weight is 469 g/mol. The molecule has 0 saturated carbocycles. The number of hydrogen-bond donors (Lipinski definition) is 2. The van der Waals surface area contributed by atoms with Crippen molar-refractivity contribution in [3.05, 3.63) is 53.8 Å². The SMILES string of the molecule is O=C(Nc1nc(-c2ccco2)c(N2CCOCC2)s1)c1ccc(CN2CCCCC2O)cc1. The Kier molecular flexibility index (Phi) is 6.73. The van der Waals surface area contributed by atoms with Gasteiger partial charge in [0, 0.05) is 31.7 Å². The molecular formula is C24H28N4O4S. The fourth-order valence-corrected chi connectivity index (χ4v) is 5.26. The largest absolute Gasteiger partial charge is 0.463 e. The van der Waals surface area contributed by atoms with Gasteiger partial charge in [-0.05, 0) is 49.1 Å². The Morgan fingerprint density at radius 3 is 2.70 bits per heavy atom. The van der Waals surface area contributed by atoms with Gasteiger partial charge in [0.15, 0.2) is 10.9 Å². The summed E-state index contributed by atoms with van der Waals surface area (Å²) in [7, 11) is 0. The number of aliphatic hydroxyl groups excluding tert-OH is 1. The van der Waals surface area contributed by atoms with E-state index in [-0.39, 0.29) is 12.1 Å². The maximum absolute atomic E-state index is 12.9. The van der Waals surface area contributed by atoms with Crippen molar-refractivity contribution in [1.29, 1.82) is 0 Å². The van der Waals surface area contributed by atoms with E-state index in [1.165, 1.54) is 11.3 Å². The molecule has 5 rings (SSSR count). The summed E-state index contributed by atoms with van der Waals surface area (Å²) in [6.45, 7) is 4.46. The number of furan rings is 1. The molecule has 2 N–H and O–H groups in total. The number of piperidine rings is 1. The van der Waals surface area contributed by atoms with Crippen molar-refractivity contribution in [3.63, 3.8) is 0 Å². The maximum atomic E-state index is 12.9. The van der Waals surface area contributed by atoms with Gasteiger partial charge in [-0.1, -0.05) is 23.5 Å². The molecule has 2 aromatic heterocycles. The zero-order chi connectivity index (χ0) is 22.6. The molecule has 174 valence electrons. The molecule has 33 heavy (non-hydrogen) atoms. The van der Waals surface area contributed by atoms with Crippen LogP contribution >= 0.6 is 11.3 Å². The lowest BCUT2D eigenvalue weighted by molar-refractivity contribution is -0.0290. The van der Waals surface area contributed by atoms with E-state index in [2.05, 4.69) is 20.1 Å². The third-order valence-electron chi connectivity index (χ3n) is 6.06. The van der Waals surface area contributed by atoms with Crippen LogP contribution in [-0.2, 0) is 11.3 Å². The Hall–Kier alpha value is -2.72. The number of nitrogens with zero attached hydrogens (tertiary/aromatic N) is 3. The molecule has 1 unspecified atom stereocenters. The lowest BCUT2D eigenvalue weighted by Gasteiger charge is -2.31. The number of likely N-dealkylation sites (tertiary alicyclic amines) is 1. The molecule has 0 bridgehead atoms. The van der Waals surface area contributed by atoms with Gasteiger partial charge in [-0.15, -0.1) is 0 Å². The summed E-state index contributed by atoms with van der Waals surface area (Å²) in [5.41, 5.74) is 2.38. The number of hydrogen-bond acceptors (Lipinski definition) is 8. The van der Waals surface area contributed by atoms with Crippen LogP contribution in [0, 0.1) is 0 Å². The normalized spacial score (nSPS) is 19.5. The molecule has 2 saturated heterocycles. The van der Waals surface area contributed by atoms with E-state index in [1.807, 2.05) is 36.4 Å². The number of ether oxygens (including phenoxy) is 1. The Morgan fingerprint density at radius 2 is 1.97 bits per heavy atom. The fraction of sp³-hybridized carbons (Fsp3) is 0.417. The van der Waals surface area contributed by atoms with Crippen LogP contribution < -0.4 is 10.2 Å². The molecule has 4 heterocycles. The van der Waals surface area contributed by atoms with Crippen molar-refractivity contribution in [1.82, 2.24) is 9.88 Å². The van der Waals surface area contributed by atoms with Crippen LogP contribution in [0.3, 0.4) is 0 Å². The molecular weight excluding hydrogens is 440 g/mol. The molecule has 2 aliphatic rings.